The number of rotatable bonds is 19. The minimum Gasteiger partial charge on any atom is -0.430 e. The number of aliphatic hydroxyl groups excluding tert-OH is 3. The van der Waals surface area contributed by atoms with Crippen LogP contribution in [0.1, 0.15) is 149 Å². The lowest BCUT2D eigenvalue weighted by molar-refractivity contribution is -0.228. The Labute approximate surface area is 286 Å². The summed E-state index contributed by atoms with van der Waals surface area (Å²) >= 11 is 0. The van der Waals surface area contributed by atoms with E-state index in [1.165, 1.54) is 76.7 Å². The predicted octanol–water partition coefficient (Wildman–Crippen LogP) is 6.75. The monoisotopic (exact) mass is 676 g/mol. The second-order valence-corrected chi connectivity index (χ2v) is 15.6. The summed E-state index contributed by atoms with van der Waals surface area (Å²) in [6, 6.07) is 0. The molecule has 1 unspecified atom stereocenters. The molecule has 3 fully saturated rings. The van der Waals surface area contributed by atoms with E-state index < -0.39 is 70.3 Å². The third kappa shape index (κ3) is 7.13. The zero-order chi connectivity index (χ0) is 35.2. The Morgan fingerprint density at radius 2 is 1.40 bits per heavy atom. The number of halogens is 1. The van der Waals surface area contributed by atoms with Gasteiger partial charge in [0.15, 0.2) is 22.8 Å². The van der Waals surface area contributed by atoms with Gasteiger partial charge in [-0.3, -0.25) is 14.4 Å². The van der Waals surface area contributed by atoms with Crippen molar-refractivity contribution in [3.05, 3.63) is 23.5 Å². The number of aliphatic hydroxyl groups is 4. The van der Waals surface area contributed by atoms with Crippen molar-refractivity contribution in [3.8, 4) is 0 Å². The first-order chi connectivity index (χ1) is 22.8. The molecule has 3 saturated carbocycles. The molecular formula is C39H61FO8. The largest absolute Gasteiger partial charge is 0.430 e. The zero-order valence-electron chi connectivity index (χ0n) is 29.6. The van der Waals surface area contributed by atoms with Gasteiger partial charge in [0.25, 0.3) is 0 Å². The molecule has 9 heteroatoms. The Balaban J connectivity index is 1.30. The SMILES string of the molecule is CCCCCCCCCCCCCCCCCC(=O)OC1=CC(=O)C=C2CC[C@H]3[C@@H]4C[C@@H](O)C(O)(C(=O)CO)[C@@]4(C)C[C@H](O)[C@]3(F)[C@]21C. The highest BCUT2D eigenvalue weighted by Gasteiger charge is 2.77. The van der Waals surface area contributed by atoms with Gasteiger partial charge in [-0.25, -0.2) is 4.39 Å². The van der Waals surface area contributed by atoms with Crippen LogP contribution in [0.15, 0.2) is 23.5 Å². The van der Waals surface area contributed by atoms with E-state index in [2.05, 4.69) is 6.92 Å². The van der Waals surface area contributed by atoms with E-state index in [1.807, 2.05) is 0 Å². The van der Waals surface area contributed by atoms with E-state index in [9.17, 15) is 34.8 Å². The van der Waals surface area contributed by atoms with E-state index in [0.29, 0.717) is 12.0 Å². The smallest absolute Gasteiger partial charge is 0.310 e. The molecule has 0 radical (unpaired) electrons. The van der Waals surface area contributed by atoms with Crippen LogP contribution in [0.5, 0.6) is 0 Å². The number of unbranched alkanes of at least 4 members (excludes halogenated alkanes) is 14. The molecule has 0 aliphatic heterocycles. The van der Waals surface area contributed by atoms with Crippen molar-refractivity contribution in [2.45, 2.75) is 173 Å². The van der Waals surface area contributed by atoms with Gasteiger partial charge in [0.2, 0.25) is 0 Å². The summed E-state index contributed by atoms with van der Waals surface area (Å²) in [6.07, 6.45) is 17.5. The maximum atomic E-state index is 17.9. The van der Waals surface area contributed by atoms with Gasteiger partial charge in [-0.1, -0.05) is 104 Å². The summed E-state index contributed by atoms with van der Waals surface area (Å²) in [5.74, 6) is -3.67. The van der Waals surface area contributed by atoms with E-state index in [0.717, 1.165) is 25.3 Å². The van der Waals surface area contributed by atoms with Crippen molar-refractivity contribution in [1.82, 2.24) is 0 Å². The van der Waals surface area contributed by atoms with Gasteiger partial charge in [0, 0.05) is 23.8 Å². The van der Waals surface area contributed by atoms with E-state index in [4.69, 9.17) is 4.74 Å². The molecule has 0 saturated heterocycles. The molecule has 0 aromatic heterocycles. The Hall–Kier alpha value is -1.94. The lowest BCUT2D eigenvalue weighted by atomic mass is 9.44. The fourth-order valence-electron chi connectivity index (χ4n) is 9.88. The molecule has 4 aliphatic rings. The van der Waals surface area contributed by atoms with Crippen molar-refractivity contribution in [2.75, 3.05) is 6.61 Å². The molecule has 0 bridgehead atoms. The first kappa shape index (κ1) is 38.9. The first-order valence-corrected chi connectivity index (χ1v) is 18.9. The molecule has 0 aromatic carbocycles. The molecule has 8 nitrogen and oxygen atoms in total. The van der Waals surface area contributed by atoms with Crippen LogP contribution in [-0.2, 0) is 19.1 Å². The van der Waals surface area contributed by atoms with Crippen LogP contribution in [0.25, 0.3) is 0 Å². The van der Waals surface area contributed by atoms with Gasteiger partial charge in [-0.05, 0) is 56.6 Å². The number of ether oxygens (including phenoxy) is 1. The number of esters is 1. The normalized spacial score (nSPS) is 35.7. The molecule has 0 heterocycles. The molecule has 8 atom stereocenters. The number of carbonyl (C=O) groups is 3. The third-order valence-corrected chi connectivity index (χ3v) is 12.8. The minimum absolute atomic E-state index is 0.0894. The van der Waals surface area contributed by atoms with Crippen molar-refractivity contribution in [3.63, 3.8) is 0 Å². The van der Waals surface area contributed by atoms with E-state index in [-0.39, 0.29) is 37.9 Å². The fourth-order valence-corrected chi connectivity index (χ4v) is 9.88. The van der Waals surface area contributed by atoms with Crippen LogP contribution >= 0.6 is 0 Å². The summed E-state index contributed by atoms with van der Waals surface area (Å²) in [5, 5.41) is 43.6. The van der Waals surface area contributed by atoms with Crippen LogP contribution in [-0.4, -0.2) is 68.0 Å². The highest BCUT2D eigenvalue weighted by atomic mass is 19.1. The number of hydrogen-bond donors (Lipinski definition) is 4. The Kier molecular flexibility index (Phi) is 13.3. The first-order valence-electron chi connectivity index (χ1n) is 18.9. The van der Waals surface area contributed by atoms with Gasteiger partial charge in [0.1, 0.15) is 12.4 Å². The van der Waals surface area contributed by atoms with Crippen molar-refractivity contribution >= 4 is 17.5 Å². The van der Waals surface area contributed by atoms with Crippen molar-refractivity contribution in [2.24, 2.45) is 22.7 Å². The Bertz CT molecular complexity index is 1210. The molecule has 48 heavy (non-hydrogen) atoms. The van der Waals surface area contributed by atoms with E-state index >= 15 is 4.39 Å². The molecule has 4 aliphatic carbocycles. The van der Waals surface area contributed by atoms with Gasteiger partial charge < -0.3 is 25.2 Å². The summed E-state index contributed by atoms with van der Waals surface area (Å²) in [6.45, 7) is 4.38. The van der Waals surface area contributed by atoms with Crippen LogP contribution in [0.3, 0.4) is 0 Å². The molecule has 0 spiro atoms. The minimum atomic E-state index is -2.41. The van der Waals surface area contributed by atoms with Crippen LogP contribution in [0.2, 0.25) is 0 Å². The third-order valence-electron chi connectivity index (χ3n) is 12.8. The van der Waals surface area contributed by atoms with Crippen LogP contribution in [0.4, 0.5) is 4.39 Å². The second-order valence-electron chi connectivity index (χ2n) is 15.6. The molecule has 0 amide bonds. The number of ketones is 2. The summed E-state index contributed by atoms with van der Waals surface area (Å²) in [7, 11) is 0. The topological polar surface area (TPSA) is 141 Å². The summed E-state index contributed by atoms with van der Waals surface area (Å²) in [4.78, 5) is 38.6. The number of Topliss-reactive ketones (excluding diaryl/α,β-unsaturated/α-hetero) is 1. The molecule has 272 valence electrons. The number of carbonyl (C=O) groups excluding carboxylic acids is 3. The van der Waals surface area contributed by atoms with Crippen molar-refractivity contribution < 1.29 is 43.9 Å². The van der Waals surface area contributed by atoms with Gasteiger partial charge in [-0.15, -0.1) is 0 Å². The molecule has 0 aromatic rings. The van der Waals surface area contributed by atoms with E-state index in [1.54, 1.807) is 13.8 Å². The van der Waals surface area contributed by atoms with Gasteiger partial charge in [0.05, 0.1) is 17.6 Å². The lowest BCUT2D eigenvalue weighted by Crippen LogP contribution is -2.70. The quantitative estimate of drug-likeness (QED) is 0.0870. The average Bonchev–Trinajstić information content (AvgIpc) is 3.25. The molecular weight excluding hydrogens is 615 g/mol. The molecule has 4 N–H and O–H groups in total. The number of allylic oxidation sites excluding steroid dienone is 3. The fraction of sp³-hybridized carbons (Fsp3) is 0.821. The zero-order valence-corrected chi connectivity index (χ0v) is 29.6. The maximum absolute atomic E-state index is 17.9. The predicted molar refractivity (Wildman–Crippen MR) is 181 cm³/mol. The van der Waals surface area contributed by atoms with Gasteiger partial charge >= 0.3 is 5.97 Å². The van der Waals surface area contributed by atoms with Crippen molar-refractivity contribution in [1.29, 1.82) is 0 Å². The number of alkyl halides is 1. The second kappa shape index (κ2) is 16.4. The Morgan fingerprint density at radius 1 is 0.854 bits per heavy atom. The summed E-state index contributed by atoms with van der Waals surface area (Å²) in [5.41, 5.74) is -7.35. The lowest BCUT2D eigenvalue weighted by Gasteiger charge is -2.62. The highest BCUT2D eigenvalue weighted by molar-refractivity contribution is 6.02. The number of hydrogen-bond acceptors (Lipinski definition) is 8. The van der Waals surface area contributed by atoms with Gasteiger partial charge in [-0.2, -0.15) is 0 Å². The van der Waals surface area contributed by atoms with Crippen LogP contribution < -0.4 is 0 Å². The number of fused-ring (bicyclic) bond motifs is 5. The van der Waals surface area contributed by atoms with Crippen LogP contribution in [0, 0.1) is 22.7 Å². The Morgan fingerprint density at radius 3 is 1.94 bits per heavy atom. The average molecular weight is 677 g/mol. The maximum Gasteiger partial charge on any atom is 0.310 e. The standard InChI is InChI=1S/C39H61FO8/c1-4-5-6-7-8-9-10-11-12-13-14-15-16-17-18-19-35(46)48-34-23-28(42)22-27-20-21-29-30-24-31(43)39(47,33(45)26-41)36(30,2)25-32(44)38(29,40)37(27,34)3/h22-23,29-32,41,43-44,47H,4-21,24-26H2,1-3H3/t29-,30-,31+,32-,36-,37+,38-,39?/m0/s1. The molecule has 4 rings (SSSR count). The highest BCUT2D eigenvalue weighted by Crippen LogP contribution is 2.70. The summed E-state index contributed by atoms with van der Waals surface area (Å²) < 4.78 is 23.7.